The quantitative estimate of drug-likeness (QED) is 0.730. The van der Waals surface area contributed by atoms with Crippen molar-refractivity contribution in [2.24, 2.45) is 0 Å². The number of benzene rings is 2. The van der Waals surface area contributed by atoms with Crippen molar-refractivity contribution in [1.29, 1.82) is 0 Å². The molecule has 0 aromatic heterocycles. The van der Waals surface area contributed by atoms with Crippen LogP contribution in [-0.4, -0.2) is 0 Å². The van der Waals surface area contributed by atoms with Gasteiger partial charge < -0.3 is 5.73 Å². The number of rotatable bonds is 1. The maximum atomic E-state index is 13.4. The highest BCUT2D eigenvalue weighted by molar-refractivity contribution is 6.33. The fourth-order valence-electron chi connectivity index (χ4n) is 1.41. The Morgan fingerprint density at radius 1 is 1.00 bits per heavy atom. The summed E-state index contributed by atoms with van der Waals surface area (Å²) in [6.45, 7) is 0. The Hall–Kier alpha value is -1.54. The Labute approximate surface area is 92.3 Å². The van der Waals surface area contributed by atoms with Crippen molar-refractivity contribution in [2.45, 2.75) is 0 Å². The number of anilines is 1. The molecular formula is C12H9ClFN. The van der Waals surface area contributed by atoms with E-state index in [1.807, 2.05) is 30.3 Å². The fourth-order valence-corrected chi connectivity index (χ4v) is 1.69. The molecule has 3 heteroatoms. The predicted molar refractivity (Wildman–Crippen MR) is 61.3 cm³/mol. The normalized spacial score (nSPS) is 10.3. The Balaban J connectivity index is 2.60. The van der Waals surface area contributed by atoms with E-state index in [1.54, 1.807) is 6.07 Å². The molecular weight excluding hydrogens is 213 g/mol. The zero-order valence-electron chi connectivity index (χ0n) is 7.87. The summed E-state index contributed by atoms with van der Waals surface area (Å²) in [6.07, 6.45) is 0. The smallest absolute Gasteiger partial charge is 0.165 e. The summed E-state index contributed by atoms with van der Waals surface area (Å²) < 4.78 is 13.4. The molecule has 1 nitrogen and oxygen atoms in total. The standard InChI is InChI=1S/C12H9ClFN/c13-11-9(6-7-10(15)12(11)14)8-4-2-1-3-5-8/h1-7H,15H2. The van der Waals surface area contributed by atoms with Crippen molar-refractivity contribution in [1.82, 2.24) is 0 Å². The first kappa shape index (κ1) is 9.99. The molecule has 0 heterocycles. The van der Waals surface area contributed by atoms with Crippen LogP contribution in [-0.2, 0) is 0 Å². The van der Waals surface area contributed by atoms with Gasteiger partial charge in [-0.15, -0.1) is 0 Å². The number of halogens is 2. The van der Waals surface area contributed by atoms with Gasteiger partial charge in [0.15, 0.2) is 5.82 Å². The summed E-state index contributed by atoms with van der Waals surface area (Å²) in [5, 5.41) is 0.0706. The molecule has 15 heavy (non-hydrogen) atoms. The van der Waals surface area contributed by atoms with E-state index in [1.165, 1.54) is 6.07 Å². The summed E-state index contributed by atoms with van der Waals surface area (Å²) in [5.74, 6) is -0.557. The molecule has 0 bridgehead atoms. The van der Waals surface area contributed by atoms with Crippen LogP contribution in [0.25, 0.3) is 11.1 Å². The summed E-state index contributed by atoms with van der Waals surface area (Å²) in [7, 11) is 0. The highest BCUT2D eigenvalue weighted by Crippen LogP contribution is 2.32. The number of nitrogens with two attached hydrogens (primary N) is 1. The summed E-state index contributed by atoms with van der Waals surface area (Å²) >= 11 is 5.88. The predicted octanol–water partition coefficient (Wildman–Crippen LogP) is 3.73. The summed E-state index contributed by atoms with van der Waals surface area (Å²) in [4.78, 5) is 0. The minimum atomic E-state index is -0.557. The van der Waals surface area contributed by atoms with E-state index >= 15 is 0 Å². The highest BCUT2D eigenvalue weighted by Gasteiger charge is 2.10. The van der Waals surface area contributed by atoms with Crippen LogP contribution in [0.2, 0.25) is 5.02 Å². The molecule has 0 aliphatic heterocycles. The highest BCUT2D eigenvalue weighted by atomic mass is 35.5. The molecule has 0 amide bonds. The lowest BCUT2D eigenvalue weighted by Gasteiger charge is -2.06. The van der Waals surface area contributed by atoms with Crippen LogP contribution >= 0.6 is 11.6 Å². The van der Waals surface area contributed by atoms with Crippen molar-refractivity contribution in [3.8, 4) is 11.1 Å². The SMILES string of the molecule is Nc1ccc(-c2ccccc2)c(Cl)c1F. The Bertz CT molecular complexity index is 482. The molecule has 0 saturated heterocycles. The van der Waals surface area contributed by atoms with E-state index in [0.717, 1.165) is 5.56 Å². The van der Waals surface area contributed by atoms with E-state index in [9.17, 15) is 4.39 Å². The Morgan fingerprint density at radius 2 is 1.67 bits per heavy atom. The molecule has 0 radical (unpaired) electrons. The van der Waals surface area contributed by atoms with Gasteiger partial charge in [0, 0.05) is 5.56 Å². The van der Waals surface area contributed by atoms with Crippen LogP contribution in [0, 0.1) is 5.82 Å². The van der Waals surface area contributed by atoms with Gasteiger partial charge in [-0.1, -0.05) is 48.0 Å². The number of nitrogen functional groups attached to an aromatic ring is 1. The van der Waals surface area contributed by atoms with Gasteiger partial charge in [0.05, 0.1) is 10.7 Å². The van der Waals surface area contributed by atoms with Gasteiger partial charge in [-0.3, -0.25) is 0 Å². The Morgan fingerprint density at radius 3 is 2.33 bits per heavy atom. The lowest BCUT2D eigenvalue weighted by atomic mass is 10.1. The average molecular weight is 222 g/mol. The third-order valence-electron chi connectivity index (χ3n) is 2.20. The lowest BCUT2D eigenvalue weighted by molar-refractivity contribution is 0.633. The first-order valence-corrected chi connectivity index (χ1v) is 4.87. The van der Waals surface area contributed by atoms with Crippen LogP contribution in [0.4, 0.5) is 10.1 Å². The van der Waals surface area contributed by atoms with Gasteiger partial charge >= 0.3 is 0 Å². The average Bonchev–Trinajstić information content (AvgIpc) is 2.27. The van der Waals surface area contributed by atoms with E-state index in [2.05, 4.69) is 0 Å². The maximum Gasteiger partial charge on any atom is 0.165 e. The molecule has 0 aliphatic rings. The molecule has 2 rings (SSSR count). The molecule has 0 spiro atoms. The number of hydrogen-bond acceptors (Lipinski definition) is 1. The van der Waals surface area contributed by atoms with E-state index in [0.29, 0.717) is 5.56 Å². The summed E-state index contributed by atoms with van der Waals surface area (Å²) in [5.41, 5.74) is 7.01. The zero-order valence-corrected chi connectivity index (χ0v) is 8.63. The van der Waals surface area contributed by atoms with Crippen molar-refractivity contribution in [3.05, 3.63) is 53.3 Å². The molecule has 76 valence electrons. The van der Waals surface area contributed by atoms with Crippen molar-refractivity contribution < 1.29 is 4.39 Å². The van der Waals surface area contributed by atoms with E-state index in [-0.39, 0.29) is 10.7 Å². The fraction of sp³-hybridized carbons (Fsp3) is 0. The topological polar surface area (TPSA) is 26.0 Å². The minimum absolute atomic E-state index is 0.0691. The van der Waals surface area contributed by atoms with Crippen LogP contribution in [0.15, 0.2) is 42.5 Å². The first-order chi connectivity index (χ1) is 7.20. The molecule has 0 aliphatic carbocycles. The molecule has 0 saturated carbocycles. The first-order valence-electron chi connectivity index (χ1n) is 4.49. The van der Waals surface area contributed by atoms with Gasteiger partial charge in [-0.25, -0.2) is 4.39 Å². The van der Waals surface area contributed by atoms with E-state index < -0.39 is 5.82 Å². The molecule has 0 fully saturated rings. The van der Waals surface area contributed by atoms with Gasteiger partial charge in [0.25, 0.3) is 0 Å². The van der Waals surface area contributed by atoms with Crippen molar-refractivity contribution in [3.63, 3.8) is 0 Å². The van der Waals surface area contributed by atoms with Gasteiger partial charge in [-0.2, -0.15) is 0 Å². The Kier molecular flexibility index (Phi) is 2.60. The molecule has 2 aromatic rings. The van der Waals surface area contributed by atoms with Crippen LogP contribution < -0.4 is 5.73 Å². The second-order valence-corrected chi connectivity index (χ2v) is 3.57. The molecule has 0 atom stereocenters. The monoisotopic (exact) mass is 221 g/mol. The van der Waals surface area contributed by atoms with Crippen LogP contribution in [0.5, 0.6) is 0 Å². The number of hydrogen-bond donors (Lipinski definition) is 1. The van der Waals surface area contributed by atoms with Crippen molar-refractivity contribution >= 4 is 17.3 Å². The molecule has 2 N–H and O–H groups in total. The van der Waals surface area contributed by atoms with Gasteiger partial charge in [0.1, 0.15) is 0 Å². The minimum Gasteiger partial charge on any atom is -0.396 e. The van der Waals surface area contributed by atoms with Crippen LogP contribution in [0.3, 0.4) is 0 Å². The second-order valence-electron chi connectivity index (χ2n) is 3.20. The lowest BCUT2D eigenvalue weighted by Crippen LogP contribution is -1.92. The van der Waals surface area contributed by atoms with E-state index in [4.69, 9.17) is 17.3 Å². The second kappa shape index (κ2) is 3.91. The third-order valence-corrected chi connectivity index (χ3v) is 2.57. The third kappa shape index (κ3) is 1.81. The molecule has 0 unspecified atom stereocenters. The van der Waals surface area contributed by atoms with Gasteiger partial charge in [0.2, 0.25) is 0 Å². The summed E-state index contributed by atoms with van der Waals surface area (Å²) in [6, 6.07) is 12.6. The van der Waals surface area contributed by atoms with Gasteiger partial charge in [-0.05, 0) is 11.6 Å². The zero-order chi connectivity index (χ0) is 10.8. The molecule has 2 aromatic carbocycles. The van der Waals surface area contributed by atoms with Crippen LogP contribution in [0.1, 0.15) is 0 Å². The maximum absolute atomic E-state index is 13.4. The van der Waals surface area contributed by atoms with Crippen molar-refractivity contribution in [2.75, 3.05) is 5.73 Å². The largest absolute Gasteiger partial charge is 0.396 e.